The van der Waals surface area contributed by atoms with Crippen LogP contribution < -0.4 is 5.73 Å². The van der Waals surface area contributed by atoms with Gasteiger partial charge < -0.3 is 5.73 Å². The summed E-state index contributed by atoms with van der Waals surface area (Å²) in [6, 6.07) is 6.56. The molecule has 0 saturated heterocycles. The van der Waals surface area contributed by atoms with Gasteiger partial charge in [0.15, 0.2) is 0 Å². The molecule has 0 radical (unpaired) electrons. The fourth-order valence-corrected chi connectivity index (χ4v) is 2.87. The van der Waals surface area contributed by atoms with Crippen LogP contribution in [0.15, 0.2) is 30.6 Å². The Labute approximate surface area is 107 Å². The lowest BCUT2D eigenvalue weighted by Gasteiger charge is -2.12. The summed E-state index contributed by atoms with van der Waals surface area (Å²) in [5, 5.41) is 0. The highest BCUT2D eigenvalue weighted by Gasteiger charge is 2.13. The summed E-state index contributed by atoms with van der Waals surface area (Å²) in [6.07, 6.45) is 3.78. The van der Waals surface area contributed by atoms with Gasteiger partial charge in [-0.05, 0) is 36.6 Å². The number of nitrogens with zero attached hydrogens (tertiary/aromatic N) is 1. The molecule has 0 amide bonds. The molecule has 0 saturated carbocycles. The maximum absolute atomic E-state index is 6.15. The van der Waals surface area contributed by atoms with Crippen molar-refractivity contribution < 1.29 is 0 Å². The minimum atomic E-state index is 0.131. The Morgan fingerprint density at radius 2 is 2.00 bits per heavy atom. The van der Waals surface area contributed by atoms with Gasteiger partial charge in [-0.3, -0.25) is 4.98 Å². The highest BCUT2D eigenvalue weighted by atomic mass is 32.1. The maximum Gasteiger partial charge on any atom is 0.0413 e. The Bertz CT molecular complexity index is 502. The second-order valence-corrected chi connectivity index (χ2v) is 5.84. The zero-order chi connectivity index (χ0) is 12.4. The number of aryl methyl sites for hydroxylation is 1. The SMILES string of the molecule is Cc1cncc(-c2ccc(C(N)C(C)C)s2)c1. The van der Waals surface area contributed by atoms with Gasteiger partial charge in [0.05, 0.1) is 0 Å². The van der Waals surface area contributed by atoms with E-state index >= 15 is 0 Å². The van der Waals surface area contributed by atoms with E-state index in [0.29, 0.717) is 5.92 Å². The number of hydrogen-bond donors (Lipinski definition) is 1. The smallest absolute Gasteiger partial charge is 0.0413 e. The van der Waals surface area contributed by atoms with E-state index in [0.717, 1.165) is 0 Å². The first kappa shape index (κ1) is 12.3. The fraction of sp³-hybridized carbons (Fsp3) is 0.357. The summed E-state index contributed by atoms with van der Waals surface area (Å²) >= 11 is 1.77. The Hall–Kier alpha value is -1.19. The van der Waals surface area contributed by atoms with Crippen molar-refractivity contribution in [2.45, 2.75) is 26.8 Å². The normalized spacial score (nSPS) is 13.0. The molecule has 17 heavy (non-hydrogen) atoms. The minimum Gasteiger partial charge on any atom is -0.323 e. The van der Waals surface area contributed by atoms with Gasteiger partial charge in [-0.2, -0.15) is 0 Å². The zero-order valence-electron chi connectivity index (χ0n) is 10.5. The third-order valence-corrected chi connectivity index (χ3v) is 4.07. The van der Waals surface area contributed by atoms with Gasteiger partial charge in [0.25, 0.3) is 0 Å². The van der Waals surface area contributed by atoms with Crippen molar-refractivity contribution in [3.8, 4) is 10.4 Å². The van der Waals surface area contributed by atoms with E-state index in [4.69, 9.17) is 5.73 Å². The maximum atomic E-state index is 6.15. The van der Waals surface area contributed by atoms with Gasteiger partial charge in [-0.1, -0.05) is 13.8 Å². The molecule has 1 unspecified atom stereocenters. The van der Waals surface area contributed by atoms with Gasteiger partial charge in [-0.15, -0.1) is 11.3 Å². The highest BCUT2D eigenvalue weighted by molar-refractivity contribution is 7.15. The van der Waals surface area contributed by atoms with E-state index in [9.17, 15) is 0 Å². The van der Waals surface area contributed by atoms with Crippen LogP contribution in [0.3, 0.4) is 0 Å². The standard InChI is InChI=1S/C14H18N2S/c1-9(2)14(15)13-5-4-12(17-13)11-6-10(3)7-16-8-11/h4-9,14H,15H2,1-3H3. The number of aromatic nitrogens is 1. The molecule has 2 N–H and O–H groups in total. The highest BCUT2D eigenvalue weighted by Crippen LogP contribution is 2.32. The predicted molar refractivity (Wildman–Crippen MR) is 74.1 cm³/mol. The minimum absolute atomic E-state index is 0.131. The van der Waals surface area contributed by atoms with E-state index in [1.165, 1.54) is 20.9 Å². The Balaban J connectivity index is 2.30. The van der Waals surface area contributed by atoms with E-state index in [1.54, 1.807) is 11.3 Å². The van der Waals surface area contributed by atoms with Gasteiger partial charge >= 0.3 is 0 Å². The zero-order valence-corrected chi connectivity index (χ0v) is 11.3. The van der Waals surface area contributed by atoms with Crippen LogP contribution in [-0.2, 0) is 0 Å². The molecule has 2 aromatic rings. The second kappa shape index (κ2) is 4.98. The Kier molecular flexibility index (Phi) is 3.60. The number of thiophene rings is 1. The summed E-state index contributed by atoms with van der Waals surface area (Å²) in [4.78, 5) is 6.71. The molecule has 0 fully saturated rings. The van der Waals surface area contributed by atoms with Crippen LogP contribution in [0.4, 0.5) is 0 Å². The van der Waals surface area contributed by atoms with Gasteiger partial charge in [0.1, 0.15) is 0 Å². The molecular formula is C14H18N2S. The van der Waals surface area contributed by atoms with Crippen molar-refractivity contribution in [2.24, 2.45) is 11.7 Å². The molecular weight excluding hydrogens is 228 g/mol. The lowest BCUT2D eigenvalue weighted by molar-refractivity contribution is 0.521. The first-order valence-electron chi connectivity index (χ1n) is 5.85. The van der Waals surface area contributed by atoms with Crippen molar-refractivity contribution in [1.29, 1.82) is 0 Å². The van der Waals surface area contributed by atoms with Crippen molar-refractivity contribution in [1.82, 2.24) is 4.98 Å². The third-order valence-electron chi connectivity index (χ3n) is 2.83. The molecule has 3 heteroatoms. The molecule has 1 atom stereocenters. The van der Waals surface area contributed by atoms with E-state index < -0.39 is 0 Å². The van der Waals surface area contributed by atoms with E-state index in [2.05, 4.69) is 44.0 Å². The number of pyridine rings is 1. The first-order chi connectivity index (χ1) is 8.08. The average molecular weight is 246 g/mol. The van der Waals surface area contributed by atoms with Gasteiger partial charge in [-0.25, -0.2) is 0 Å². The number of nitrogens with two attached hydrogens (primary N) is 1. The van der Waals surface area contributed by atoms with E-state index in [1.807, 2.05) is 12.4 Å². The largest absolute Gasteiger partial charge is 0.323 e. The summed E-state index contributed by atoms with van der Waals surface area (Å²) < 4.78 is 0. The van der Waals surface area contributed by atoms with Crippen LogP contribution in [0.2, 0.25) is 0 Å². The average Bonchev–Trinajstić information content (AvgIpc) is 2.77. The molecule has 0 aliphatic carbocycles. The molecule has 2 heterocycles. The summed E-state index contributed by atoms with van der Waals surface area (Å²) in [7, 11) is 0. The molecule has 0 bridgehead atoms. The molecule has 0 spiro atoms. The van der Waals surface area contributed by atoms with E-state index in [-0.39, 0.29) is 6.04 Å². The topological polar surface area (TPSA) is 38.9 Å². The fourth-order valence-electron chi connectivity index (χ4n) is 1.71. The molecule has 2 rings (SSSR count). The van der Waals surface area contributed by atoms with Crippen LogP contribution in [0, 0.1) is 12.8 Å². The predicted octanol–water partition coefficient (Wildman–Crippen LogP) is 3.77. The molecule has 0 aromatic carbocycles. The summed E-state index contributed by atoms with van der Waals surface area (Å²) in [6.45, 7) is 6.36. The van der Waals surface area contributed by atoms with Crippen LogP contribution in [0.5, 0.6) is 0 Å². The molecule has 2 aromatic heterocycles. The molecule has 0 aliphatic rings. The molecule has 2 nitrogen and oxygen atoms in total. The lowest BCUT2D eigenvalue weighted by atomic mass is 10.0. The third kappa shape index (κ3) is 2.73. The summed E-state index contributed by atoms with van der Waals surface area (Å²) in [5.41, 5.74) is 8.52. The van der Waals surface area contributed by atoms with Crippen molar-refractivity contribution in [2.75, 3.05) is 0 Å². The lowest BCUT2D eigenvalue weighted by Crippen LogP contribution is -2.14. The quantitative estimate of drug-likeness (QED) is 0.895. The number of hydrogen-bond acceptors (Lipinski definition) is 3. The van der Waals surface area contributed by atoms with Gasteiger partial charge in [0, 0.05) is 33.8 Å². The van der Waals surface area contributed by atoms with Gasteiger partial charge in [0.2, 0.25) is 0 Å². The molecule has 0 aliphatic heterocycles. The second-order valence-electron chi connectivity index (χ2n) is 4.72. The van der Waals surface area contributed by atoms with Crippen LogP contribution in [0.1, 0.15) is 30.3 Å². The first-order valence-corrected chi connectivity index (χ1v) is 6.67. The van der Waals surface area contributed by atoms with Crippen molar-refractivity contribution in [3.63, 3.8) is 0 Å². The monoisotopic (exact) mass is 246 g/mol. The van der Waals surface area contributed by atoms with Crippen LogP contribution in [-0.4, -0.2) is 4.98 Å². The van der Waals surface area contributed by atoms with Crippen molar-refractivity contribution >= 4 is 11.3 Å². The Morgan fingerprint density at radius 1 is 1.24 bits per heavy atom. The summed E-state index contributed by atoms with van der Waals surface area (Å²) in [5.74, 6) is 0.470. The van der Waals surface area contributed by atoms with Crippen LogP contribution in [0.25, 0.3) is 10.4 Å². The Morgan fingerprint density at radius 3 is 2.65 bits per heavy atom. The number of rotatable bonds is 3. The van der Waals surface area contributed by atoms with Crippen LogP contribution >= 0.6 is 11.3 Å². The molecule has 90 valence electrons. The van der Waals surface area contributed by atoms with Crippen molar-refractivity contribution in [3.05, 3.63) is 41.0 Å².